The van der Waals surface area contributed by atoms with E-state index < -0.39 is 12.3 Å². The van der Waals surface area contributed by atoms with E-state index in [1.807, 2.05) is 25.1 Å². The summed E-state index contributed by atoms with van der Waals surface area (Å²) >= 11 is 0. The summed E-state index contributed by atoms with van der Waals surface area (Å²) in [6.45, 7) is 2.31. The molecule has 11 heteroatoms. The van der Waals surface area contributed by atoms with Gasteiger partial charge in [0, 0.05) is 29.3 Å². The molecule has 1 unspecified atom stereocenters. The predicted octanol–water partition coefficient (Wildman–Crippen LogP) is 2.12. The van der Waals surface area contributed by atoms with Crippen LogP contribution in [-0.2, 0) is 17.1 Å². The molecule has 1 aromatic carbocycles. The number of fused-ring (bicyclic) bond motifs is 1. The number of hydrogen-bond acceptors (Lipinski definition) is 8. The van der Waals surface area contributed by atoms with Gasteiger partial charge in [0.1, 0.15) is 12.4 Å². The number of aryl methyl sites for hydroxylation is 1. The number of nitrogens with zero attached hydrogens (tertiary/aromatic N) is 5. The van der Waals surface area contributed by atoms with Gasteiger partial charge in [0.2, 0.25) is 5.95 Å². The Morgan fingerprint density at radius 3 is 2.75 bits per heavy atom. The van der Waals surface area contributed by atoms with Gasteiger partial charge in [-0.15, -0.1) is 0 Å². The third-order valence-electron chi connectivity index (χ3n) is 4.38. The Morgan fingerprint density at radius 1 is 1.34 bits per heavy atom. The van der Waals surface area contributed by atoms with Crippen LogP contribution in [0.1, 0.15) is 29.6 Å². The molecule has 0 saturated heterocycles. The zero-order valence-electron chi connectivity index (χ0n) is 17.2. The van der Waals surface area contributed by atoms with Crippen LogP contribution in [0.25, 0.3) is 16.7 Å². The molecular weight excluding hydrogens is 419 g/mol. The summed E-state index contributed by atoms with van der Waals surface area (Å²) < 4.78 is 19.1. The number of aliphatic hydroxyl groups is 1. The second-order valence-corrected chi connectivity index (χ2v) is 6.74. The molecule has 0 spiro atoms. The molecule has 3 aromatic heterocycles. The Bertz CT molecular complexity index is 1320. The van der Waals surface area contributed by atoms with Crippen molar-refractivity contribution in [3.05, 3.63) is 59.2 Å². The van der Waals surface area contributed by atoms with Gasteiger partial charge < -0.3 is 20.5 Å². The monoisotopic (exact) mass is 438 g/mol. The molecule has 0 radical (unpaired) electrons. The van der Waals surface area contributed by atoms with Crippen molar-refractivity contribution in [3.8, 4) is 17.7 Å². The van der Waals surface area contributed by atoms with E-state index in [9.17, 15) is 9.50 Å². The summed E-state index contributed by atoms with van der Waals surface area (Å²) in [6.07, 6.45) is 1.56. The third kappa shape index (κ3) is 4.71. The van der Waals surface area contributed by atoms with Gasteiger partial charge in [0.05, 0.1) is 11.2 Å². The first-order chi connectivity index (χ1) is 15.3. The molecule has 0 amide bonds. The van der Waals surface area contributed by atoms with Crippen molar-refractivity contribution in [2.45, 2.75) is 26.1 Å². The summed E-state index contributed by atoms with van der Waals surface area (Å²) in [4.78, 5) is 16.5. The fourth-order valence-electron chi connectivity index (χ4n) is 2.87. The lowest BCUT2D eigenvalue weighted by Gasteiger charge is -2.11. The minimum atomic E-state index is -1.59. The minimum absolute atomic E-state index is 0.0343. The van der Waals surface area contributed by atoms with Crippen LogP contribution < -0.4 is 5.73 Å². The number of nitrogens with two attached hydrogens (primary N) is 1. The first-order valence-electron chi connectivity index (χ1n) is 9.22. The normalized spacial score (nSPS) is 12.2. The number of aromatic nitrogens is 5. The van der Waals surface area contributed by atoms with Gasteiger partial charge in [-0.3, -0.25) is 4.79 Å². The van der Waals surface area contributed by atoms with Crippen molar-refractivity contribution in [3.63, 3.8) is 0 Å². The Kier molecular flexibility index (Phi) is 6.46. The lowest BCUT2D eigenvalue weighted by molar-refractivity contribution is -0.122. The SMILES string of the molecule is Cc1nn(-c2ccnc(N)n2)c2cc(C#CC(C)(O)c3cc(CF)on3)ccc12.O=CO. The van der Waals surface area contributed by atoms with Gasteiger partial charge in [-0.1, -0.05) is 17.0 Å². The van der Waals surface area contributed by atoms with Gasteiger partial charge in [-0.2, -0.15) is 10.1 Å². The molecule has 10 nitrogen and oxygen atoms in total. The standard InChI is InChI=1S/C20H17FN6O2.CH2O2/c1-12-15-4-3-13(5-7-20(2,28)17-10-14(11-21)29-26-17)9-16(15)27(25-12)18-6-8-23-19(22)24-18;2-1-3/h3-4,6,8-10,28H,11H2,1-2H3,(H2,22,23,24);1H,(H,2,3). The third-order valence-corrected chi connectivity index (χ3v) is 4.38. The molecular formula is C21H19FN6O4. The maximum absolute atomic E-state index is 12.7. The Balaban J connectivity index is 0.000000913. The Morgan fingerprint density at radius 2 is 2.09 bits per heavy atom. The van der Waals surface area contributed by atoms with Crippen molar-refractivity contribution in [1.29, 1.82) is 0 Å². The Labute approximate surface area is 181 Å². The number of carbonyl (C=O) groups is 1. The number of benzene rings is 1. The van der Waals surface area contributed by atoms with Crippen LogP contribution in [0.5, 0.6) is 0 Å². The minimum Gasteiger partial charge on any atom is -0.483 e. The van der Waals surface area contributed by atoms with Crippen LogP contribution in [0, 0.1) is 18.8 Å². The smallest absolute Gasteiger partial charge is 0.290 e. The van der Waals surface area contributed by atoms with Crippen LogP contribution in [0.15, 0.2) is 41.1 Å². The lowest BCUT2D eigenvalue weighted by Crippen LogP contribution is -2.18. The molecule has 0 bridgehead atoms. The number of halogens is 1. The van der Waals surface area contributed by atoms with Crippen molar-refractivity contribution in [1.82, 2.24) is 24.9 Å². The number of anilines is 1. The fraction of sp³-hybridized carbons (Fsp3) is 0.190. The molecule has 4 aromatic rings. The van der Waals surface area contributed by atoms with E-state index in [0.29, 0.717) is 11.4 Å². The first-order valence-corrected chi connectivity index (χ1v) is 9.22. The molecule has 4 rings (SSSR count). The van der Waals surface area contributed by atoms with E-state index in [1.54, 1.807) is 16.9 Å². The molecule has 3 heterocycles. The fourth-order valence-corrected chi connectivity index (χ4v) is 2.87. The maximum Gasteiger partial charge on any atom is 0.290 e. The quantitative estimate of drug-likeness (QED) is 0.322. The van der Waals surface area contributed by atoms with E-state index in [-0.39, 0.29) is 23.9 Å². The maximum atomic E-state index is 12.7. The Hall–Kier alpha value is -4.30. The number of alkyl halides is 1. The summed E-state index contributed by atoms with van der Waals surface area (Å²) in [5, 5.41) is 26.6. The zero-order chi connectivity index (χ0) is 23.3. The second-order valence-electron chi connectivity index (χ2n) is 6.74. The zero-order valence-corrected chi connectivity index (χ0v) is 17.2. The molecule has 4 N–H and O–H groups in total. The van der Waals surface area contributed by atoms with Gasteiger partial charge in [-0.25, -0.2) is 14.1 Å². The van der Waals surface area contributed by atoms with E-state index in [0.717, 1.165) is 16.6 Å². The van der Waals surface area contributed by atoms with E-state index >= 15 is 0 Å². The largest absolute Gasteiger partial charge is 0.483 e. The lowest BCUT2D eigenvalue weighted by atomic mass is 10.0. The van der Waals surface area contributed by atoms with Gasteiger partial charge in [-0.05, 0) is 32.0 Å². The highest BCUT2D eigenvalue weighted by Crippen LogP contribution is 2.23. The first kappa shape index (κ1) is 22.4. The number of rotatable bonds is 3. The summed E-state index contributed by atoms with van der Waals surface area (Å²) in [5.41, 5.74) is 6.50. The summed E-state index contributed by atoms with van der Waals surface area (Å²) in [6, 6.07) is 8.62. The van der Waals surface area contributed by atoms with Crippen LogP contribution in [0.4, 0.5) is 10.3 Å². The average molecular weight is 438 g/mol. The molecule has 0 aliphatic carbocycles. The molecule has 1 atom stereocenters. The van der Waals surface area contributed by atoms with Gasteiger partial charge in [0.15, 0.2) is 17.2 Å². The van der Waals surface area contributed by atoms with Crippen LogP contribution in [0.2, 0.25) is 0 Å². The molecule has 0 saturated carbocycles. The molecule has 0 aliphatic heterocycles. The summed E-state index contributed by atoms with van der Waals surface area (Å²) in [5.74, 6) is 6.40. The van der Waals surface area contributed by atoms with E-state index in [4.69, 9.17) is 20.2 Å². The van der Waals surface area contributed by atoms with Crippen LogP contribution in [-0.4, -0.2) is 41.6 Å². The highest BCUT2D eigenvalue weighted by molar-refractivity contribution is 5.84. The molecule has 0 fully saturated rings. The van der Waals surface area contributed by atoms with Crippen molar-refractivity contribution >= 4 is 23.3 Å². The number of hydrogen-bond donors (Lipinski definition) is 3. The van der Waals surface area contributed by atoms with Crippen LogP contribution >= 0.6 is 0 Å². The highest BCUT2D eigenvalue weighted by atomic mass is 19.1. The molecule has 164 valence electrons. The number of carboxylic acid groups (broad SMARTS) is 1. The summed E-state index contributed by atoms with van der Waals surface area (Å²) in [7, 11) is 0. The van der Waals surface area contributed by atoms with E-state index in [2.05, 4.69) is 32.1 Å². The molecule has 32 heavy (non-hydrogen) atoms. The topological polar surface area (TPSA) is 153 Å². The van der Waals surface area contributed by atoms with Crippen LogP contribution in [0.3, 0.4) is 0 Å². The van der Waals surface area contributed by atoms with Crippen molar-refractivity contribution in [2.24, 2.45) is 0 Å². The van der Waals surface area contributed by atoms with Crippen molar-refractivity contribution in [2.75, 3.05) is 5.73 Å². The molecule has 0 aliphatic rings. The van der Waals surface area contributed by atoms with Crippen molar-refractivity contribution < 1.29 is 23.9 Å². The van der Waals surface area contributed by atoms with Gasteiger partial charge in [0.25, 0.3) is 6.47 Å². The second kappa shape index (κ2) is 9.23. The van der Waals surface area contributed by atoms with Gasteiger partial charge >= 0.3 is 0 Å². The highest BCUT2D eigenvalue weighted by Gasteiger charge is 2.25. The van der Waals surface area contributed by atoms with E-state index in [1.165, 1.54) is 13.0 Å². The predicted molar refractivity (Wildman–Crippen MR) is 112 cm³/mol. The number of nitrogen functional groups attached to an aromatic ring is 1. The average Bonchev–Trinajstić information content (AvgIpc) is 3.38.